The van der Waals surface area contributed by atoms with Gasteiger partial charge in [0.25, 0.3) is 5.91 Å². The maximum atomic E-state index is 14.1. The molecule has 30 heavy (non-hydrogen) atoms. The van der Waals surface area contributed by atoms with Crippen LogP contribution in [0.1, 0.15) is 21.5 Å². The Balaban J connectivity index is 1.58. The topological polar surface area (TPSA) is 86.9 Å². The first-order chi connectivity index (χ1) is 14.5. The molecule has 1 heterocycles. The number of rotatable bonds is 5. The van der Waals surface area contributed by atoms with Crippen LogP contribution in [0.5, 0.6) is 11.5 Å². The third-order valence-corrected chi connectivity index (χ3v) is 4.65. The van der Waals surface area contributed by atoms with E-state index in [4.69, 9.17) is 0 Å². The van der Waals surface area contributed by atoms with E-state index in [2.05, 4.69) is 10.5 Å². The third kappa shape index (κ3) is 4.00. The lowest BCUT2D eigenvalue weighted by molar-refractivity contribution is 0.0954. The van der Waals surface area contributed by atoms with E-state index in [1.54, 1.807) is 18.2 Å². The molecule has 3 aromatic carbocycles. The second-order valence-corrected chi connectivity index (χ2v) is 6.76. The van der Waals surface area contributed by atoms with Crippen LogP contribution >= 0.6 is 0 Å². The summed E-state index contributed by atoms with van der Waals surface area (Å²) in [5, 5.41) is 23.9. The first-order valence-electron chi connectivity index (χ1n) is 9.19. The van der Waals surface area contributed by atoms with E-state index in [0.29, 0.717) is 12.1 Å². The third-order valence-electron chi connectivity index (χ3n) is 4.65. The highest BCUT2D eigenvalue weighted by Gasteiger charge is 2.10. The van der Waals surface area contributed by atoms with Gasteiger partial charge in [-0.25, -0.2) is 9.82 Å². The van der Waals surface area contributed by atoms with Gasteiger partial charge in [0, 0.05) is 39.9 Å². The number of amides is 1. The Bertz CT molecular complexity index is 1240. The number of hydrazone groups is 1. The first-order valence-corrected chi connectivity index (χ1v) is 9.19. The highest BCUT2D eigenvalue weighted by atomic mass is 19.1. The van der Waals surface area contributed by atoms with Gasteiger partial charge >= 0.3 is 0 Å². The summed E-state index contributed by atoms with van der Waals surface area (Å²) < 4.78 is 16.0. The molecule has 0 saturated carbocycles. The van der Waals surface area contributed by atoms with Crippen molar-refractivity contribution in [3.8, 4) is 11.5 Å². The Morgan fingerprint density at radius 3 is 2.50 bits per heavy atom. The largest absolute Gasteiger partial charge is 0.508 e. The molecule has 0 aliphatic heterocycles. The summed E-state index contributed by atoms with van der Waals surface area (Å²) in [6.45, 7) is 0.357. The highest BCUT2D eigenvalue weighted by molar-refractivity contribution is 6.00. The second-order valence-electron chi connectivity index (χ2n) is 6.76. The number of nitrogens with one attached hydrogen (secondary N) is 1. The number of phenolic OH excluding ortho intramolecular Hbond substituents is 2. The van der Waals surface area contributed by atoms with Crippen molar-refractivity contribution in [2.45, 2.75) is 6.54 Å². The van der Waals surface area contributed by atoms with Crippen molar-refractivity contribution >= 4 is 23.0 Å². The van der Waals surface area contributed by atoms with Gasteiger partial charge in [0.2, 0.25) is 0 Å². The number of hydrogen-bond acceptors (Lipinski definition) is 4. The smallest absolute Gasteiger partial charge is 0.271 e. The quantitative estimate of drug-likeness (QED) is 0.348. The Hall–Kier alpha value is -4.13. The van der Waals surface area contributed by atoms with Crippen LogP contribution in [0, 0.1) is 5.82 Å². The molecule has 1 aromatic heterocycles. The summed E-state index contributed by atoms with van der Waals surface area (Å²) in [6, 6.07) is 17.8. The van der Waals surface area contributed by atoms with E-state index in [1.807, 2.05) is 35.0 Å². The number of aromatic hydroxyl groups is 2. The van der Waals surface area contributed by atoms with Crippen LogP contribution in [0.25, 0.3) is 10.9 Å². The molecule has 0 bridgehead atoms. The maximum absolute atomic E-state index is 14.1. The van der Waals surface area contributed by atoms with E-state index in [-0.39, 0.29) is 22.9 Å². The SMILES string of the molecule is O=C(N/N=C\c1cn(Cc2ccccc2F)c2ccccc12)c1cc(O)cc(O)c1. The average Bonchev–Trinajstić information content (AvgIpc) is 3.07. The summed E-state index contributed by atoms with van der Waals surface area (Å²) in [5.41, 5.74) is 4.68. The predicted molar refractivity (Wildman–Crippen MR) is 112 cm³/mol. The first kappa shape index (κ1) is 19.2. The number of carbonyl (C=O) groups excluding carboxylic acids is 1. The van der Waals surface area contributed by atoms with Crippen LogP contribution in [0.4, 0.5) is 4.39 Å². The van der Waals surface area contributed by atoms with Gasteiger partial charge in [-0.15, -0.1) is 0 Å². The highest BCUT2D eigenvalue weighted by Crippen LogP contribution is 2.22. The zero-order valence-electron chi connectivity index (χ0n) is 15.8. The number of nitrogens with zero attached hydrogens (tertiary/aromatic N) is 2. The van der Waals surface area contributed by atoms with Crippen molar-refractivity contribution in [1.82, 2.24) is 9.99 Å². The number of phenols is 2. The van der Waals surface area contributed by atoms with E-state index in [1.165, 1.54) is 24.4 Å². The van der Waals surface area contributed by atoms with Gasteiger partial charge in [-0.05, 0) is 24.3 Å². The van der Waals surface area contributed by atoms with Crippen molar-refractivity contribution in [2.24, 2.45) is 5.10 Å². The van der Waals surface area contributed by atoms with Crippen molar-refractivity contribution < 1.29 is 19.4 Å². The molecule has 0 unspecified atom stereocenters. The van der Waals surface area contributed by atoms with Gasteiger partial charge in [-0.2, -0.15) is 5.10 Å². The Morgan fingerprint density at radius 1 is 1.03 bits per heavy atom. The monoisotopic (exact) mass is 403 g/mol. The lowest BCUT2D eigenvalue weighted by Gasteiger charge is -2.06. The van der Waals surface area contributed by atoms with Crippen LogP contribution < -0.4 is 5.43 Å². The Kier molecular flexibility index (Phi) is 5.17. The zero-order valence-corrected chi connectivity index (χ0v) is 15.8. The Labute approximate surface area is 171 Å². The molecule has 0 aliphatic carbocycles. The molecule has 0 radical (unpaired) electrons. The number of para-hydroxylation sites is 1. The van der Waals surface area contributed by atoms with E-state index in [9.17, 15) is 19.4 Å². The molecule has 4 rings (SSSR count). The summed E-state index contributed by atoms with van der Waals surface area (Å²) in [7, 11) is 0. The molecule has 0 aliphatic rings. The van der Waals surface area contributed by atoms with Crippen LogP contribution in [0.3, 0.4) is 0 Å². The molecule has 1 amide bonds. The second kappa shape index (κ2) is 8.08. The van der Waals surface area contributed by atoms with Gasteiger partial charge in [0.05, 0.1) is 12.8 Å². The van der Waals surface area contributed by atoms with Crippen LogP contribution in [-0.2, 0) is 6.54 Å². The molecule has 150 valence electrons. The van der Waals surface area contributed by atoms with Gasteiger partial charge in [0.15, 0.2) is 0 Å². The van der Waals surface area contributed by atoms with Crippen molar-refractivity contribution in [3.05, 3.63) is 95.4 Å². The lowest BCUT2D eigenvalue weighted by atomic mass is 10.2. The van der Waals surface area contributed by atoms with Crippen LogP contribution in [0.15, 0.2) is 78.0 Å². The van der Waals surface area contributed by atoms with Gasteiger partial charge in [-0.1, -0.05) is 36.4 Å². The van der Waals surface area contributed by atoms with Crippen LogP contribution in [-0.4, -0.2) is 26.9 Å². The van der Waals surface area contributed by atoms with Crippen molar-refractivity contribution in [1.29, 1.82) is 0 Å². The van der Waals surface area contributed by atoms with E-state index in [0.717, 1.165) is 22.5 Å². The molecule has 0 spiro atoms. The average molecular weight is 403 g/mol. The fourth-order valence-electron chi connectivity index (χ4n) is 3.27. The fourth-order valence-corrected chi connectivity index (χ4v) is 3.27. The summed E-state index contributed by atoms with van der Waals surface area (Å²) in [5.74, 6) is -1.29. The summed E-state index contributed by atoms with van der Waals surface area (Å²) in [4.78, 5) is 12.2. The minimum absolute atomic E-state index is 0.0756. The molecular weight excluding hydrogens is 385 g/mol. The van der Waals surface area contributed by atoms with Gasteiger partial charge < -0.3 is 14.8 Å². The molecule has 0 atom stereocenters. The van der Waals surface area contributed by atoms with Crippen molar-refractivity contribution in [2.75, 3.05) is 0 Å². The predicted octanol–water partition coefficient (Wildman–Crippen LogP) is 4.00. The number of fused-ring (bicyclic) bond motifs is 1. The molecule has 0 fully saturated rings. The van der Waals surface area contributed by atoms with Gasteiger partial charge in [-0.3, -0.25) is 4.79 Å². The maximum Gasteiger partial charge on any atom is 0.271 e. The normalized spacial score (nSPS) is 11.2. The number of halogens is 1. The van der Waals surface area contributed by atoms with E-state index < -0.39 is 5.91 Å². The molecule has 6 nitrogen and oxygen atoms in total. The minimum Gasteiger partial charge on any atom is -0.508 e. The molecular formula is C23H18FN3O3. The minimum atomic E-state index is -0.576. The molecule has 4 aromatic rings. The summed E-state index contributed by atoms with van der Waals surface area (Å²) >= 11 is 0. The standard InChI is InChI=1S/C23H18FN3O3/c24-21-7-3-1-5-15(21)13-27-14-17(20-6-2-4-8-22(20)27)12-25-26-23(30)16-9-18(28)11-19(29)10-16/h1-12,14,28-29H,13H2,(H,26,30)/b25-12-. The van der Waals surface area contributed by atoms with E-state index >= 15 is 0 Å². The Morgan fingerprint density at radius 2 is 1.73 bits per heavy atom. The fraction of sp³-hybridized carbons (Fsp3) is 0.0435. The molecule has 0 saturated heterocycles. The zero-order chi connectivity index (χ0) is 21.1. The van der Waals surface area contributed by atoms with Crippen LogP contribution in [0.2, 0.25) is 0 Å². The number of benzene rings is 3. The number of aromatic nitrogens is 1. The number of carbonyl (C=O) groups is 1. The summed E-state index contributed by atoms with van der Waals surface area (Å²) in [6.07, 6.45) is 3.34. The number of hydrogen-bond donors (Lipinski definition) is 3. The lowest BCUT2D eigenvalue weighted by Crippen LogP contribution is -2.17. The van der Waals surface area contributed by atoms with Crippen molar-refractivity contribution in [3.63, 3.8) is 0 Å². The van der Waals surface area contributed by atoms with Gasteiger partial charge in [0.1, 0.15) is 17.3 Å². The molecule has 3 N–H and O–H groups in total. The molecule has 7 heteroatoms.